The minimum Gasteiger partial charge on any atom is -0.490 e. The van der Waals surface area contributed by atoms with Gasteiger partial charge in [-0.2, -0.15) is 0 Å². The Balaban J connectivity index is 2.15. The van der Waals surface area contributed by atoms with E-state index in [9.17, 15) is 4.79 Å². The van der Waals surface area contributed by atoms with E-state index in [0.717, 1.165) is 11.3 Å². The fraction of sp³-hybridized carbons (Fsp3) is 0.143. The fourth-order valence-electron chi connectivity index (χ4n) is 1.50. The lowest BCUT2D eigenvalue weighted by molar-refractivity contribution is -0.136. The van der Waals surface area contributed by atoms with Gasteiger partial charge in [0.15, 0.2) is 0 Å². The maximum Gasteiger partial charge on any atom is 0.367 e. The number of hydrogen-bond acceptors (Lipinski definition) is 4. The summed E-state index contributed by atoms with van der Waals surface area (Å²) in [5, 5.41) is 3.62. The van der Waals surface area contributed by atoms with E-state index >= 15 is 0 Å². The summed E-state index contributed by atoms with van der Waals surface area (Å²) in [6.45, 7) is 5.78. The van der Waals surface area contributed by atoms with Crippen molar-refractivity contribution in [3.8, 4) is 5.75 Å². The van der Waals surface area contributed by atoms with Crippen LogP contribution in [0.4, 0.5) is 0 Å². The van der Waals surface area contributed by atoms with Crippen LogP contribution < -0.4 is 4.74 Å². The Hall–Kier alpha value is -2.36. The van der Waals surface area contributed by atoms with Crippen LogP contribution in [-0.4, -0.2) is 18.3 Å². The molecule has 2 rings (SSSR count). The molecule has 1 aromatic carbocycles. The molecule has 4 nitrogen and oxygen atoms in total. The van der Waals surface area contributed by atoms with Crippen LogP contribution in [-0.2, 0) is 9.63 Å². The van der Waals surface area contributed by atoms with Gasteiger partial charge in [0.2, 0.25) is 0 Å². The third kappa shape index (κ3) is 2.66. The van der Waals surface area contributed by atoms with Crippen molar-refractivity contribution in [2.24, 2.45) is 5.16 Å². The SMILES string of the molecule is C=CCOc1ccc(/C=C2\C(=O)ON=C2C)cc1. The highest BCUT2D eigenvalue weighted by atomic mass is 16.7. The maximum absolute atomic E-state index is 11.4. The van der Waals surface area contributed by atoms with Crippen LogP contribution in [0, 0.1) is 0 Å². The molecule has 0 amide bonds. The van der Waals surface area contributed by atoms with Crippen LogP contribution in [0.2, 0.25) is 0 Å². The Morgan fingerprint density at radius 1 is 1.39 bits per heavy atom. The number of hydrogen-bond donors (Lipinski definition) is 0. The highest BCUT2D eigenvalue weighted by Crippen LogP contribution is 2.18. The van der Waals surface area contributed by atoms with E-state index < -0.39 is 5.97 Å². The van der Waals surface area contributed by atoms with Crippen molar-refractivity contribution >= 4 is 17.8 Å². The van der Waals surface area contributed by atoms with Gasteiger partial charge in [0.1, 0.15) is 12.4 Å². The predicted molar refractivity (Wildman–Crippen MR) is 69.3 cm³/mol. The fourth-order valence-corrected chi connectivity index (χ4v) is 1.50. The average molecular weight is 243 g/mol. The molecule has 0 atom stereocenters. The lowest BCUT2D eigenvalue weighted by Gasteiger charge is -2.03. The summed E-state index contributed by atoms with van der Waals surface area (Å²) in [4.78, 5) is 15.9. The number of ether oxygens (including phenoxy) is 1. The van der Waals surface area contributed by atoms with E-state index in [-0.39, 0.29) is 0 Å². The van der Waals surface area contributed by atoms with Gasteiger partial charge in [-0.25, -0.2) is 4.79 Å². The minimum absolute atomic E-state index is 0.417. The van der Waals surface area contributed by atoms with Crippen LogP contribution >= 0.6 is 0 Å². The number of rotatable bonds is 4. The molecule has 4 heteroatoms. The van der Waals surface area contributed by atoms with Gasteiger partial charge in [0.25, 0.3) is 0 Å². The zero-order chi connectivity index (χ0) is 13.0. The van der Waals surface area contributed by atoms with Crippen LogP contribution in [0.5, 0.6) is 5.75 Å². The normalized spacial score (nSPS) is 16.4. The van der Waals surface area contributed by atoms with Crippen LogP contribution in [0.25, 0.3) is 6.08 Å². The molecule has 92 valence electrons. The molecule has 0 unspecified atom stereocenters. The Labute approximate surface area is 105 Å². The molecule has 18 heavy (non-hydrogen) atoms. The molecular formula is C14H13NO3. The molecule has 1 heterocycles. The van der Waals surface area contributed by atoms with E-state index in [4.69, 9.17) is 4.74 Å². The van der Waals surface area contributed by atoms with E-state index in [1.54, 1.807) is 19.1 Å². The standard InChI is InChI=1S/C14H13NO3/c1-3-8-17-12-6-4-11(5-7-12)9-13-10(2)15-18-14(13)16/h3-7,9H,1,8H2,2H3/b13-9-. The van der Waals surface area contributed by atoms with Gasteiger partial charge in [-0.05, 0) is 30.7 Å². The molecule has 0 aromatic heterocycles. The molecular weight excluding hydrogens is 230 g/mol. The highest BCUT2D eigenvalue weighted by molar-refractivity contribution is 6.24. The molecule has 0 saturated heterocycles. The van der Waals surface area contributed by atoms with Crippen molar-refractivity contribution in [3.63, 3.8) is 0 Å². The molecule has 0 aliphatic carbocycles. The first-order valence-corrected chi connectivity index (χ1v) is 5.52. The number of oxime groups is 1. The first-order valence-electron chi connectivity index (χ1n) is 5.52. The molecule has 0 fully saturated rings. The summed E-state index contributed by atoms with van der Waals surface area (Å²) < 4.78 is 5.37. The van der Waals surface area contributed by atoms with Crippen LogP contribution in [0.3, 0.4) is 0 Å². The van der Waals surface area contributed by atoms with Gasteiger partial charge in [0.05, 0.1) is 11.3 Å². The van der Waals surface area contributed by atoms with Crippen LogP contribution in [0.15, 0.2) is 47.6 Å². The Bertz CT molecular complexity index is 526. The number of carbonyl (C=O) groups excluding carboxylic acids is 1. The summed E-state index contributed by atoms with van der Waals surface area (Å²) in [5.41, 5.74) is 1.96. The van der Waals surface area contributed by atoms with E-state index in [1.165, 1.54) is 0 Å². The second-order valence-corrected chi connectivity index (χ2v) is 3.78. The highest BCUT2D eigenvalue weighted by Gasteiger charge is 2.21. The minimum atomic E-state index is -0.417. The zero-order valence-corrected chi connectivity index (χ0v) is 10.1. The lowest BCUT2D eigenvalue weighted by Crippen LogP contribution is -2.01. The second kappa shape index (κ2) is 5.31. The molecule has 1 aromatic rings. The van der Waals surface area contributed by atoms with Gasteiger partial charge in [-0.1, -0.05) is 29.9 Å². The topological polar surface area (TPSA) is 47.9 Å². The smallest absolute Gasteiger partial charge is 0.367 e. The number of nitrogens with zero attached hydrogens (tertiary/aromatic N) is 1. The monoisotopic (exact) mass is 243 g/mol. The number of benzene rings is 1. The van der Waals surface area contributed by atoms with Crippen molar-refractivity contribution in [2.45, 2.75) is 6.92 Å². The molecule has 0 radical (unpaired) electrons. The molecule has 0 N–H and O–H groups in total. The van der Waals surface area contributed by atoms with Crippen molar-refractivity contribution in [1.29, 1.82) is 0 Å². The quantitative estimate of drug-likeness (QED) is 0.464. The first kappa shape index (κ1) is 12.1. The van der Waals surface area contributed by atoms with Crippen molar-refractivity contribution < 1.29 is 14.4 Å². The molecule has 1 aliphatic heterocycles. The summed E-state index contributed by atoms with van der Waals surface area (Å²) in [7, 11) is 0. The zero-order valence-electron chi connectivity index (χ0n) is 10.1. The largest absolute Gasteiger partial charge is 0.490 e. The van der Waals surface area contributed by atoms with Crippen molar-refractivity contribution in [2.75, 3.05) is 6.61 Å². The Kier molecular flexibility index (Phi) is 3.57. The molecule has 0 bridgehead atoms. The summed E-state index contributed by atoms with van der Waals surface area (Å²) in [6, 6.07) is 7.40. The Morgan fingerprint density at radius 3 is 2.67 bits per heavy atom. The third-order valence-corrected chi connectivity index (χ3v) is 2.43. The van der Waals surface area contributed by atoms with E-state index in [1.807, 2.05) is 24.3 Å². The lowest BCUT2D eigenvalue weighted by atomic mass is 10.1. The predicted octanol–water partition coefficient (Wildman–Crippen LogP) is 2.57. The van der Waals surface area contributed by atoms with E-state index in [0.29, 0.717) is 17.9 Å². The second-order valence-electron chi connectivity index (χ2n) is 3.78. The van der Waals surface area contributed by atoms with Gasteiger partial charge in [-0.15, -0.1) is 0 Å². The summed E-state index contributed by atoms with van der Waals surface area (Å²) in [5.74, 6) is 0.343. The third-order valence-electron chi connectivity index (χ3n) is 2.43. The maximum atomic E-state index is 11.4. The molecule has 0 spiro atoms. The van der Waals surface area contributed by atoms with Crippen molar-refractivity contribution in [1.82, 2.24) is 0 Å². The first-order chi connectivity index (χ1) is 8.70. The molecule has 0 saturated carbocycles. The Morgan fingerprint density at radius 2 is 2.11 bits per heavy atom. The number of carbonyl (C=O) groups is 1. The summed E-state index contributed by atoms with van der Waals surface area (Å²) >= 11 is 0. The van der Waals surface area contributed by atoms with Gasteiger partial charge in [-0.3, -0.25) is 0 Å². The van der Waals surface area contributed by atoms with Gasteiger partial charge < -0.3 is 9.57 Å². The van der Waals surface area contributed by atoms with E-state index in [2.05, 4.69) is 16.6 Å². The van der Waals surface area contributed by atoms with Crippen LogP contribution in [0.1, 0.15) is 12.5 Å². The van der Waals surface area contributed by atoms with Crippen molar-refractivity contribution in [3.05, 3.63) is 48.1 Å². The molecule has 1 aliphatic rings. The average Bonchev–Trinajstić information content (AvgIpc) is 2.70. The van der Waals surface area contributed by atoms with Gasteiger partial charge in [0, 0.05) is 0 Å². The summed E-state index contributed by atoms with van der Waals surface area (Å²) in [6.07, 6.45) is 3.43. The van der Waals surface area contributed by atoms with Gasteiger partial charge >= 0.3 is 5.97 Å².